The number of ether oxygens (including phenoxy) is 1. The zero-order chi connectivity index (χ0) is 24.8. The van der Waals surface area contributed by atoms with Crippen LogP contribution in [0.5, 0.6) is 0 Å². The Labute approximate surface area is 204 Å². The molecule has 0 aliphatic heterocycles. The predicted octanol–water partition coefficient (Wildman–Crippen LogP) is 4.98. The van der Waals surface area contributed by atoms with Crippen LogP contribution in [0.2, 0.25) is 0 Å². The minimum atomic E-state index is -0.717. The Bertz CT molecular complexity index is 326. The number of hydrogen-bond acceptors (Lipinski definition) is 6. The third-order valence-corrected chi connectivity index (χ3v) is 5.95. The summed E-state index contributed by atoms with van der Waals surface area (Å²) >= 11 is 0. The normalized spacial score (nSPS) is 12.1. The molecule has 0 aromatic heterocycles. The van der Waals surface area contributed by atoms with E-state index in [0.717, 1.165) is 6.42 Å². The number of rotatable bonds is 25. The number of aliphatic hydroxyl groups excluding tert-OH is 5. The van der Waals surface area contributed by atoms with Gasteiger partial charge in [0.05, 0.1) is 13.2 Å². The third kappa shape index (κ3) is 31.8. The van der Waals surface area contributed by atoms with Gasteiger partial charge in [-0.2, -0.15) is 0 Å². The van der Waals surface area contributed by atoms with Gasteiger partial charge in [0.25, 0.3) is 0 Å². The summed E-state index contributed by atoms with van der Waals surface area (Å²) in [5, 5.41) is 43.1. The first kappa shape index (κ1) is 34.9. The van der Waals surface area contributed by atoms with Crippen LogP contribution in [0.15, 0.2) is 0 Å². The predicted molar refractivity (Wildman–Crippen MR) is 137 cm³/mol. The maximum Gasteiger partial charge on any atom is 0.100 e. The monoisotopic (exact) mass is 478 g/mol. The standard InChI is InChI=1S/C21H44O3.C6H14O3/c1-2-3-4-5-6-7-8-9-10-11-12-13-14-15-16-17-18-24-20-21(23)19-22;7-3-1-2-6(4-8)5-9/h21-23H,2-20H2,1H3;6-9H,1-5H2. The molecule has 0 bridgehead atoms. The first-order valence-corrected chi connectivity index (χ1v) is 13.8. The molecule has 0 spiro atoms. The van der Waals surface area contributed by atoms with Crippen LogP contribution in [-0.4, -0.2) is 71.3 Å². The van der Waals surface area contributed by atoms with Crippen LogP contribution in [0.3, 0.4) is 0 Å². The van der Waals surface area contributed by atoms with E-state index in [9.17, 15) is 0 Å². The molecule has 6 nitrogen and oxygen atoms in total. The highest BCUT2D eigenvalue weighted by molar-refractivity contribution is 4.54. The Hall–Kier alpha value is -0.240. The van der Waals surface area contributed by atoms with E-state index in [-0.39, 0.29) is 39.0 Å². The Balaban J connectivity index is 0. The van der Waals surface area contributed by atoms with Crippen LogP contribution in [0, 0.1) is 5.92 Å². The number of unbranched alkanes of at least 4 members (excludes halogenated alkanes) is 15. The van der Waals surface area contributed by atoms with Crippen LogP contribution < -0.4 is 0 Å². The van der Waals surface area contributed by atoms with Crippen molar-refractivity contribution in [2.45, 2.75) is 129 Å². The Morgan fingerprint density at radius 2 is 0.970 bits per heavy atom. The first-order valence-electron chi connectivity index (χ1n) is 13.8. The van der Waals surface area contributed by atoms with Gasteiger partial charge in [0, 0.05) is 32.3 Å². The molecule has 0 radical (unpaired) electrons. The van der Waals surface area contributed by atoms with E-state index in [0.29, 0.717) is 19.4 Å². The molecule has 0 aromatic carbocycles. The summed E-state index contributed by atoms with van der Waals surface area (Å²) in [6, 6.07) is 0. The summed E-state index contributed by atoms with van der Waals surface area (Å²) in [5.41, 5.74) is 0. The molecular weight excluding hydrogens is 420 g/mol. The Morgan fingerprint density at radius 1 is 0.545 bits per heavy atom. The maximum atomic E-state index is 9.12. The van der Waals surface area contributed by atoms with Gasteiger partial charge in [-0.05, 0) is 19.3 Å². The lowest BCUT2D eigenvalue weighted by Gasteiger charge is -2.08. The van der Waals surface area contributed by atoms with Crippen molar-refractivity contribution in [3.8, 4) is 0 Å². The molecule has 33 heavy (non-hydrogen) atoms. The van der Waals surface area contributed by atoms with Gasteiger partial charge in [-0.15, -0.1) is 0 Å². The highest BCUT2D eigenvalue weighted by Crippen LogP contribution is 2.13. The van der Waals surface area contributed by atoms with E-state index < -0.39 is 6.10 Å². The minimum absolute atomic E-state index is 0.0104. The number of hydrogen-bond donors (Lipinski definition) is 5. The Kier molecular flexibility index (Phi) is 33.6. The molecule has 0 saturated heterocycles. The number of aliphatic hydroxyl groups is 5. The lowest BCUT2D eigenvalue weighted by molar-refractivity contribution is 0.00526. The molecule has 0 rings (SSSR count). The van der Waals surface area contributed by atoms with Gasteiger partial charge in [0.2, 0.25) is 0 Å². The van der Waals surface area contributed by atoms with Gasteiger partial charge in [-0.1, -0.05) is 103 Å². The van der Waals surface area contributed by atoms with E-state index >= 15 is 0 Å². The summed E-state index contributed by atoms with van der Waals surface area (Å²) in [5.74, 6) is -0.0443. The van der Waals surface area contributed by atoms with E-state index in [1.807, 2.05) is 0 Å². The van der Waals surface area contributed by atoms with Crippen molar-refractivity contribution in [1.29, 1.82) is 0 Å². The molecule has 1 atom stereocenters. The molecule has 202 valence electrons. The van der Waals surface area contributed by atoms with E-state index in [1.54, 1.807) is 0 Å². The van der Waals surface area contributed by atoms with Gasteiger partial charge in [0.1, 0.15) is 6.10 Å². The average molecular weight is 479 g/mol. The fourth-order valence-corrected chi connectivity index (χ4v) is 3.64. The zero-order valence-electron chi connectivity index (χ0n) is 21.8. The van der Waals surface area contributed by atoms with E-state index in [2.05, 4.69) is 6.92 Å². The molecule has 1 unspecified atom stereocenters. The minimum Gasteiger partial charge on any atom is -0.396 e. The zero-order valence-corrected chi connectivity index (χ0v) is 21.8. The van der Waals surface area contributed by atoms with Gasteiger partial charge >= 0.3 is 0 Å². The topological polar surface area (TPSA) is 110 Å². The largest absolute Gasteiger partial charge is 0.396 e. The SMILES string of the molecule is CCCCCCCCCCCCCCCCCCOCC(O)CO.OCCCC(CO)CO. The molecule has 0 fully saturated rings. The van der Waals surface area contributed by atoms with Gasteiger partial charge in [-0.25, -0.2) is 0 Å². The van der Waals surface area contributed by atoms with E-state index in [1.165, 1.54) is 96.3 Å². The lowest BCUT2D eigenvalue weighted by Crippen LogP contribution is -2.19. The Morgan fingerprint density at radius 3 is 1.33 bits per heavy atom. The fourth-order valence-electron chi connectivity index (χ4n) is 3.64. The molecule has 5 N–H and O–H groups in total. The van der Waals surface area contributed by atoms with Crippen LogP contribution in [0.25, 0.3) is 0 Å². The van der Waals surface area contributed by atoms with E-state index in [4.69, 9.17) is 30.3 Å². The molecule has 0 saturated carbocycles. The highest BCUT2D eigenvalue weighted by Gasteiger charge is 2.03. The quantitative estimate of drug-likeness (QED) is 0.118. The van der Waals surface area contributed by atoms with Crippen molar-refractivity contribution in [2.24, 2.45) is 5.92 Å². The first-order chi connectivity index (χ1) is 16.2. The molecule has 0 heterocycles. The summed E-state index contributed by atoms with van der Waals surface area (Å²) < 4.78 is 5.30. The lowest BCUT2D eigenvalue weighted by atomic mass is 10.0. The van der Waals surface area contributed by atoms with Crippen molar-refractivity contribution in [1.82, 2.24) is 0 Å². The van der Waals surface area contributed by atoms with Crippen molar-refractivity contribution in [3.05, 3.63) is 0 Å². The molecule has 0 aliphatic carbocycles. The van der Waals surface area contributed by atoms with Crippen LogP contribution in [-0.2, 0) is 4.74 Å². The second-order valence-corrected chi connectivity index (χ2v) is 9.31. The van der Waals surface area contributed by atoms with Crippen molar-refractivity contribution >= 4 is 0 Å². The molecule has 6 heteroatoms. The van der Waals surface area contributed by atoms with Crippen molar-refractivity contribution in [2.75, 3.05) is 39.6 Å². The van der Waals surface area contributed by atoms with Gasteiger partial charge in [0.15, 0.2) is 0 Å². The summed E-state index contributed by atoms with van der Waals surface area (Å²) in [7, 11) is 0. The molecule has 0 aliphatic rings. The third-order valence-electron chi connectivity index (χ3n) is 5.95. The second-order valence-electron chi connectivity index (χ2n) is 9.31. The maximum absolute atomic E-state index is 9.12. The average Bonchev–Trinajstić information content (AvgIpc) is 2.84. The van der Waals surface area contributed by atoms with Gasteiger partial charge in [-0.3, -0.25) is 0 Å². The molecule has 0 amide bonds. The van der Waals surface area contributed by atoms with Crippen molar-refractivity contribution in [3.63, 3.8) is 0 Å². The van der Waals surface area contributed by atoms with Gasteiger partial charge < -0.3 is 30.3 Å². The summed E-state index contributed by atoms with van der Waals surface area (Å²) in [6.07, 6.45) is 22.6. The van der Waals surface area contributed by atoms with Crippen LogP contribution in [0.1, 0.15) is 122 Å². The second kappa shape index (κ2) is 31.8. The summed E-state index contributed by atoms with van der Waals surface area (Å²) in [4.78, 5) is 0. The molecular formula is C27H58O6. The fraction of sp³-hybridized carbons (Fsp3) is 1.00. The van der Waals surface area contributed by atoms with Crippen molar-refractivity contribution < 1.29 is 30.3 Å². The summed E-state index contributed by atoms with van der Waals surface area (Å²) in [6.45, 7) is 3.19. The van der Waals surface area contributed by atoms with Crippen LogP contribution >= 0.6 is 0 Å². The highest BCUT2D eigenvalue weighted by atomic mass is 16.5. The van der Waals surface area contributed by atoms with Crippen LogP contribution in [0.4, 0.5) is 0 Å². The molecule has 0 aromatic rings. The smallest absolute Gasteiger partial charge is 0.100 e.